The fourth-order valence-corrected chi connectivity index (χ4v) is 1.33. The quantitative estimate of drug-likeness (QED) is 0.338. The first-order valence-corrected chi connectivity index (χ1v) is 5.97. The van der Waals surface area contributed by atoms with Crippen LogP contribution in [0.5, 0.6) is 0 Å². The number of benzene rings is 1. The molecule has 0 spiro atoms. The predicted molar refractivity (Wildman–Crippen MR) is 76.8 cm³/mol. The van der Waals surface area contributed by atoms with Crippen LogP contribution in [0, 0.1) is 0 Å². The van der Waals surface area contributed by atoms with Crippen molar-refractivity contribution in [3.8, 4) is 0 Å². The summed E-state index contributed by atoms with van der Waals surface area (Å²) in [6, 6.07) is 9.59. The van der Waals surface area contributed by atoms with Crippen LogP contribution in [-0.2, 0) is 16.1 Å². The van der Waals surface area contributed by atoms with Gasteiger partial charge in [-0.15, -0.1) is 5.73 Å². The smallest absolute Gasteiger partial charge is 0.333 e. The van der Waals surface area contributed by atoms with E-state index < -0.39 is 0 Å². The van der Waals surface area contributed by atoms with E-state index in [0.717, 1.165) is 5.56 Å². The van der Waals surface area contributed by atoms with Crippen LogP contribution in [-0.4, -0.2) is 12.7 Å². The Morgan fingerprint density at radius 2 is 2.16 bits per heavy atom. The van der Waals surface area contributed by atoms with E-state index in [2.05, 4.69) is 17.4 Å². The number of esters is 1. The molecule has 0 unspecified atom stereocenters. The van der Waals surface area contributed by atoms with Crippen molar-refractivity contribution < 1.29 is 9.53 Å². The molecular formula is C16H17NO2. The van der Waals surface area contributed by atoms with Gasteiger partial charge in [-0.2, -0.15) is 0 Å². The maximum absolute atomic E-state index is 11.7. The van der Waals surface area contributed by atoms with Crippen molar-refractivity contribution in [2.24, 2.45) is 4.99 Å². The highest BCUT2D eigenvalue weighted by Crippen LogP contribution is 2.05. The standard InChI is InChI=1S/C16H17NO2/c1-14(9-5-4-8-12-17-2)16(18)19-13-15-10-6-3-7-11-15/h3-4,6-7,9-12H,2,5,13H2,1H3/b14-9+. The van der Waals surface area contributed by atoms with Gasteiger partial charge in [-0.25, -0.2) is 4.79 Å². The van der Waals surface area contributed by atoms with Crippen LogP contribution < -0.4 is 0 Å². The highest BCUT2D eigenvalue weighted by molar-refractivity contribution is 5.87. The minimum atomic E-state index is -0.303. The molecule has 3 heteroatoms. The fraction of sp³-hybridized carbons (Fsp3) is 0.188. The van der Waals surface area contributed by atoms with E-state index >= 15 is 0 Å². The fourth-order valence-electron chi connectivity index (χ4n) is 1.33. The van der Waals surface area contributed by atoms with Crippen molar-refractivity contribution in [1.29, 1.82) is 0 Å². The van der Waals surface area contributed by atoms with Crippen molar-refractivity contribution in [2.75, 3.05) is 0 Å². The van der Waals surface area contributed by atoms with Crippen LogP contribution in [0.4, 0.5) is 0 Å². The summed E-state index contributed by atoms with van der Waals surface area (Å²) in [6.45, 7) is 5.32. The minimum absolute atomic E-state index is 0.293. The lowest BCUT2D eigenvalue weighted by Crippen LogP contribution is -2.05. The van der Waals surface area contributed by atoms with Crippen LogP contribution in [0.2, 0.25) is 0 Å². The second-order valence-corrected chi connectivity index (χ2v) is 3.87. The molecule has 0 N–H and O–H groups in total. The zero-order valence-electron chi connectivity index (χ0n) is 11.0. The molecule has 1 aromatic carbocycles. The highest BCUT2D eigenvalue weighted by Gasteiger charge is 2.04. The molecule has 0 atom stereocenters. The lowest BCUT2D eigenvalue weighted by molar-refractivity contribution is -0.140. The van der Waals surface area contributed by atoms with Crippen molar-refractivity contribution in [1.82, 2.24) is 0 Å². The average molecular weight is 255 g/mol. The molecule has 0 aliphatic carbocycles. The van der Waals surface area contributed by atoms with Gasteiger partial charge in [-0.3, -0.25) is 4.99 Å². The third-order valence-corrected chi connectivity index (χ3v) is 2.36. The Balaban J connectivity index is 2.42. The monoisotopic (exact) mass is 255 g/mol. The van der Waals surface area contributed by atoms with Gasteiger partial charge in [0.25, 0.3) is 0 Å². The van der Waals surface area contributed by atoms with E-state index in [-0.39, 0.29) is 5.97 Å². The van der Waals surface area contributed by atoms with Gasteiger partial charge in [-0.05, 0) is 31.7 Å². The van der Waals surface area contributed by atoms with Gasteiger partial charge in [-0.1, -0.05) is 36.4 Å². The number of carbonyl (C=O) groups excluding carboxylic acids is 1. The summed E-state index contributed by atoms with van der Waals surface area (Å²) in [5, 5.41) is 0. The molecular weight excluding hydrogens is 238 g/mol. The number of ether oxygens (including phenoxy) is 1. The molecule has 0 saturated heterocycles. The first-order valence-electron chi connectivity index (χ1n) is 5.97. The van der Waals surface area contributed by atoms with Crippen molar-refractivity contribution >= 4 is 12.7 Å². The Morgan fingerprint density at radius 3 is 2.84 bits per heavy atom. The normalized spacial score (nSPS) is 10.3. The molecule has 0 bridgehead atoms. The van der Waals surface area contributed by atoms with E-state index in [9.17, 15) is 4.79 Å². The number of hydrogen-bond acceptors (Lipinski definition) is 3. The van der Waals surface area contributed by atoms with Crippen LogP contribution in [0.1, 0.15) is 18.9 Å². The highest BCUT2D eigenvalue weighted by atomic mass is 16.5. The Hall–Kier alpha value is -2.38. The van der Waals surface area contributed by atoms with Crippen LogP contribution in [0.25, 0.3) is 0 Å². The summed E-state index contributed by atoms with van der Waals surface area (Å²) in [5.41, 5.74) is 4.37. The van der Waals surface area contributed by atoms with E-state index in [0.29, 0.717) is 18.6 Å². The van der Waals surface area contributed by atoms with Gasteiger partial charge in [0.05, 0.1) is 6.20 Å². The number of carbonyl (C=O) groups is 1. The number of hydrogen-bond donors (Lipinski definition) is 0. The Morgan fingerprint density at radius 1 is 1.42 bits per heavy atom. The van der Waals surface area contributed by atoms with Gasteiger partial charge in [0.15, 0.2) is 0 Å². The van der Waals surface area contributed by atoms with Gasteiger partial charge in [0.1, 0.15) is 6.61 Å². The van der Waals surface area contributed by atoms with E-state index in [1.807, 2.05) is 30.3 Å². The van der Waals surface area contributed by atoms with Crippen molar-refractivity contribution in [3.63, 3.8) is 0 Å². The maximum Gasteiger partial charge on any atom is 0.333 e. The van der Waals surface area contributed by atoms with E-state index in [1.165, 1.54) is 6.20 Å². The zero-order chi connectivity index (χ0) is 13.9. The molecule has 19 heavy (non-hydrogen) atoms. The largest absolute Gasteiger partial charge is 0.457 e. The summed E-state index contributed by atoms with van der Waals surface area (Å²) >= 11 is 0. The van der Waals surface area contributed by atoms with Crippen LogP contribution in [0.3, 0.4) is 0 Å². The second kappa shape index (κ2) is 8.67. The summed E-state index contributed by atoms with van der Waals surface area (Å²) in [5.74, 6) is -0.303. The minimum Gasteiger partial charge on any atom is -0.457 e. The van der Waals surface area contributed by atoms with Crippen LogP contribution in [0.15, 0.2) is 65.0 Å². The molecule has 0 heterocycles. The summed E-state index contributed by atoms with van der Waals surface area (Å²) in [7, 11) is 0. The van der Waals surface area contributed by atoms with E-state index in [4.69, 9.17) is 4.74 Å². The number of nitrogens with zero attached hydrogens (tertiary/aromatic N) is 1. The average Bonchev–Trinajstić information content (AvgIpc) is 2.45. The third-order valence-electron chi connectivity index (χ3n) is 2.36. The lowest BCUT2D eigenvalue weighted by Gasteiger charge is -2.04. The van der Waals surface area contributed by atoms with Crippen molar-refractivity contribution in [2.45, 2.75) is 20.0 Å². The van der Waals surface area contributed by atoms with Crippen molar-refractivity contribution in [3.05, 3.63) is 65.6 Å². The van der Waals surface area contributed by atoms with E-state index in [1.54, 1.807) is 19.1 Å². The van der Waals surface area contributed by atoms with Gasteiger partial charge in [0, 0.05) is 5.57 Å². The SMILES string of the molecule is C=NC=C=CC/C=C(\C)C(=O)OCc1ccccc1. The third kappa shape index (κ3) is 6.20. The summed E-state index contributed by atoms with van der Waals surface area (Å²) in [6.07, 6.45) is 5.63. The molecule has 0 aliphatic rings. The molecule has 1 aromatic rings. The summed E-state index contributed by atoms with van der Waals surface area (Å²) in [4.78, 5) is 15.2. The molecule has 98 valence electrons. The molecule has 0 amide bonds. The maximum atomic E-state index is 11.7. The Bertz CT molecular complexity index is 509. The molecule has 0 saturated carbocycles. The molecule has 3 nitrogen and oxygen atoms in total. The molecule has 0 aromatic heterocycles. The second-order valence-electron chi connectivity index (χ2n) is 3.87. The molecule has 1 rings (SSSR count). The molecule has 0 aliphatic heterocycles. The number of rotatable bonds is 6. The Kier molecular flexibility index (Phi) is 6.70. The van der Waals surface area contributed by atoms with Gasteiger partial charge >= 0.3 is 5.97 Å². The topological polar surface area (TPSA) is 38.7 Å². The van der Waals surface area contributed by atoms with Gasteiger partial charge < -0.3 is 4.74 Å². The summed E-state index contributed by atoms with van der Waals surface area (Å²) < 4.78 is 5.19. The Labute approximate surface area is 113 Å². The lowest BCUT2D eigenvalue weighted by atomic mass is 10.2. The number of aliphatic imine (C=N–C) groups is 1. The number of allylic oxidation sites excluding steroid dienone is 2. The first-order chi connectivity index (χ1) is 9.24. The van der Waals surface area contributed by atoms with Gasteiger partial charge in [0.2, 0.25) is 0 Å². The first kappa shape index (κ1) is 14.7. The predicted octanol–water partition coefficient (Wildman–Crippen LogP) is 3.44. The molecule has 0 radical (unpaired) electrons. The van der Waals surface area contributed by atoms with Crippen LogP contribution >= 0.6 is 0 Å². The molecule has 0 fully saturated rings. The zero-order valence-corrected chi connectivity index (χ0v) is 11.0.